The number of aromatic hydroxyl groups is 1. The average molecular weight is 344 g/mol. The van der Waals surface area contributed by atoms with Gasteiger partial charge in [-0.25, -0.2) is 0 Å². The summed E-state index contributed by atoms with van der Waals surface area (Å²) in [6.07, 6.45) is 0.487. The number of fused-ring (bicyclic) bond motifs is 1. The summed E-state index contributed by atoms with van der Waals surface area (Å²) in [6.45, 7) is -0.256. The fourth-order valence-electron chi connectivity index (χ4n) is 2.29. The summed E-state index contributed by atoms with van der Waals surface area (Å²) in [4.78, 5) is 34.8. The zero-order valence-electron chi connectivity index (χ0n) is 12.5. The van der Waals surface area contributed by atoms with Gasteiger partial charge >= 0.3 is 0 Å². The van der Waals surface area contributed by atoms with Crippen LogP contribution in [0.3, 0.4) is 0 Å². The van der Waals surface area contributed by atoms with Gasteiger partial charge < -0.3 is 15.2 Å². The Kier molecular flexibility index (Phi) is 4.09. The maximum Gasteiger partial charge on any atom is 0.268 e. The Morgan fingerprint density at radius 2 is 2.25 bits per heavy atom. The summed E-state index contributed by atoms with van der Waals surface area (Å²) in [5.74, 6) is -1.31. The van der Waals surface area contributed by atoms with Gasteiger partial charge in [0, 0.05) is 18.0 Å². The third-order valence-electron chi connectivity index (χ3n) is 3.49. The van der Waals surface area contributed by atoms with Gasteiger partial charge in [-0.15, -0.1) is 10.2 Å². The van der Waals surface area contributed by atoms with Gasteiger partial charge in [0.25, 0.3) is 11.5 Å². The molecule has 8 nitrogen and oxygen atoms in total. The van der Waals surface area contributed by atoms with E-state index in [9.17, 15) is 19.5 Å². The fourth-order valence-corrected chi connectivity index (χ4v) is 2.94. The number of hydrogen-bond donors (Lipinski definition) is 2. The van der Waals surface area contributed by atoms with Gasteiger partial charge in [-0.3, -0.25) is 14.2 Å². The normalized spacial score (nSPS) is 10.7. The lowest BCUT2D eigenvalue weighted by Gasteiger charge is -2.11. The molecule has 0 aliphatic heterocycles. The number of pyridine rings is 1. The number of hydrogen-bond acceptors (Lipinski definition) is 7. The molecule has 0 unspecified atom stereocenters. The molecule has 122 valence electrons. The second-order valence-corrected chi connectivity index (χ2v) is 5.72. The Morgan fingerprint density at radius 1 is 1.46 bits per heavy atom. The number of thiophene rings is 1. The van der Waals surface area contributed by atoms with Gasteiger partial charge in [0.1, 0.15) is 17.6 Å². The second kappa shape index (κ2) is 6.20. The van der Waals surface area contributed by atoms with E-state index in [4.69, 9.17) is 0 Å². The molecular weight excluding hydrogens is 332 g/mol. The van der Waals surface area contributed by atoms with Crippen LogP contribution in [0.5, 0.6) is 5.75 Å². The van der Waals surface area contributed by atoms with Crippen LogP contribution in [0.4, 0.5) is 0 Å². The SMILES string of the molecule is Cn1c(=O)c(C(=O)NCC=O)c(O)c2cc(-c3ccsc3)nnc21. The quantitative estimate of drug-likeness (QED) is 0.673. The topological polar surface area (TPSA) is 114 Å². The van der Waals surface area contributed by atoms with Crippen LogP contribution >= 0.6 is 11.3 Å². The Hall–Kier alpha value is -3.07. The molecule has 9 heteroatoms. The molecule has 1 amide bonds. The highest BCUT2D eigenvalue weighted by atomic mass is 32.1. The highest BCUT2D eigenvalue weighted by Gasteiger charge is 2.22. The number of carbonyl (C=O) groups excluding carboxylic acids is 2. The van der Waals surface area contributed by atoms with Crippen LogP contribution in [-0.2, 0) is 11.8 Å². The summed E-state index contributed by atoms with van der Waals surface area (Å²) in [5, 5.41) is 24.7. The van der Waals surface area contributed by atoms with Crippen molar-refractivity contribution in [2.75, 3.05) is 6.54 Å². The predicted octanol–water partition coefficient (Wildman–Crippen LogP) is 0.691. The first kappa shape index (κ1) is 15.8. The molecule has 0 radical (unpaired) electrons. The molecule has 0 saturated carbocycles. The maximum atomic E-state index is 12.3. The van der Waals surface area contributed by atoms with Gasteiger partial charge in [0.05, 0.1) is 17.6 Å². The number of nitrogens with zero attached hydrogens (tertiary/aromatic N) is 3. The van der Waals surface area contributed by atoms with E-state index in [2.05, 4.69) is 15.5 Å². The monoisotopic (exact) mass is 344 g/mol. The molecule has 2 N–H and O–H groups in total. The van der Waals surface area contributed by atoms with Crippen LogP contribution in [0.2, 0.25) is 0 Å². The molecule has 3 rings (SSSR count). The van der Waals surface area contributed by atoms with Crippen molar-refractivity contribution in [1.82, 2.24) is 20.1 Å². The van der Waals surface area contributed by atoms with Gasteiger partial charge in [-0.2, -0.15) is 11.3 Å². The zero-order valence-corrected chi connectivity index (χ0v) is 13.3. The molecule has 0 atom stereocenters. The van der Waals surface area contributed by atoms with Crippen LogP contribution in [-0.4, -0.2) is 38.6 Å². The van der Waals surface area contributed by atoms with Gasteiger partial charge in [-0.1, -0.05) is 0 Å². The largest absolute Gasteiger partial charge is 0.506 e. The third-order valence-corrected chi connectivity index (χ3v) is 4.18. The lowest BCUT2D eigenvalue weighted by molar-refractivity contribution is -0.107. The Balaban J connectivity index is 2.25. The summed E-state index contributed by atoms with van der Waals surface area (Å²) >= 11 is 1.48. The first-order valence-electron chi connectivity index (χ1n) is 6.88. The third kappa shape index (κ3) is 2.54. The smallest absolute Gasteiger partial charge is 0.268 e. The Bertz CT molecular complexity index is 995. The number of carbonyl (C=O) groups is 2. The van der Waals surface area contributed by atoms with Crippen molar-refractivity contribution in [3.8, 4) is 17.0 Å². The van der Waals surface area contributed by atoms with Gasteiger partial charge in [0.2, 0.25) is 0 Å². The summed E-state index contributed by atoms with van der Waals surface area (Å²) in [5.41, 5.74) is 0.326. The number of amides is 1. The number of rotatable bonds is 4. The van der Waals surface area contributed by atoms with Crippen molar-refractivity contribution in [1.29, 1.82) is 0 Å². The van der Waals surface area contributed by atoms with Crippen molar-refractivity contribution in [3.05, 3.63) is 38.8 Å². The van der Waals surface area contributed by atoms with Crippen LogP contribution < -0.4 is 10.9 Å². The summed E-state index contributed by atoms with van der Waals surface area (Å²) < 4.78 is 1.13. The van der Waals surface area contributed by atoms with Crippen molar-refractivity contribution in [2.24, 2.45) is 7.05 Å². The van der Waals surface area contributed by atoms with Gasteiger partial charge in [-0.05, 0) is 17.5 Å². The van der Waals surface area contributed by atoms with E-state index >= 15 is 0 Å². The highest BCUT2D eigenvalue weighted by molar-refractivity contribution is 7.08. The van der Waals surface area contributed by atoms with E-state index in [0.29, 0.717) is 12.0 Å². The lowest BCUT2D eigenvalue weighted by atomic mass is 10.1. The van der Waals surface area contributed by atoms with Crippen molar-refractivity contribution in [2.45, 2.75) is 0 Å². The van der Waals surface area contributed by atoms with E-state index in [-0.39, 0.29) is 17.6 Å². The standard InChI is InChI=1S/C15H12N4O4S/c1-19-13-9(6-10(17-18-13)8-2-5-24-7-8)12(21)11(15(19)23)14(22)16-3-4-20/h2,4-7,21H,3H2,1H3,(H,16,22). The molecule has 0 spiro atoms. The average Bonchev–Trinajstić information content (AvgIpc) is 3.12. The van der Waals surface area contributed by atoms with Crippen molar-refractivity contribution < 1.29 is 14.7 Å². The first-order valence-corrected chi connectivity index (χ1v) is 7.82. The maximum absolute atomic E-state index is 12.3. The van der Waals surface area contributed by atoms with Crippen LogP contribution in [0, 0.1) is 0 Å². The van der Waals surface area contributed by atoms with Crippen molar-refractivity contribution in [3.63, 3.8) is 0 Å². The second-order valence-electron chi connectivity index (χ2n) is 4.94. The number of aryl methyl sites for hydroxylation is 1. The Labute approximate surface area is 139 Å². The van der Waals surface area contributed by atoms with Crippen LogP contribution in [0.1, 0.15) is 10.4 Å². The molecule has 0 aromatic carbocycles. The lowest BCUT2D eigenvalue weighted by Crippen LogP contribution is -2.33. The molecule has 0 aliphatic carbocycles. The molecule has 3 aromatic rings. The van der Waals surface area contributed by atoms with E-state index < -0.39 is 22.8 Å². The molecule has 0 fully saturated rings. The van der Waals surface area contributed by atoms with Crippen LogP contribution in [0.15, 0.2) is 27.7 Å². The minimum Gasteiger partial charge on any atom is -0.506 e. The minimum atomic E-state index is -0.823. The summed E-state index contributed by atoms with van der Waals surface area (Å²) in [6, 6.07) is 3.41. The highest BCUT2D eigenvalue weighted by Crippen LogP contribution is 2.28. The van der Waals surface area contributed by atoms with E-state index in [1.165, 1.54) is 18.4 Å². The van der Waals surface area contributed by atoms with E-state index in [1.807, 2.05) is 16.8 Å². The Morgan fingerprint density at radius 3 is 2.92 bits per heavy atom. The summed E-state index contributed by atoms with van der Waals surface area (Å²) in [7, 11) is 1.43. The molecule has 0 aliphatic rings. The van der Waals surface area contributed by atoms with Crippen LogP contribution in [0.25, 0.3) is 22.3 Å². The van der Waals surface area contributed by atoms with E-state index in [0.717, 1.165) is 10.1 Å². The molecule has 3 heterocycles. The molecule has 24 heavy (non-hydrogen) atoms. The fraction of sp³-hybridized carbons (Fsp3) is 0.133. The molecule has 3 aromatic heterocycles. The van der Waals surface area contributed by atoms with E-state index in [1.54, 1.807) is 6.07 Å². The van der Waals surface area contributed by atoms with Crippen molar-refractivity contribution >= 4 is 34.6 Å². The minimum absolute atomic E-state index is 0.156. The zero-order chi connectivity index (χ0) is 17.3. The molecule has 0 saturated heterocycles. The number of aldehydes is 1. The predicted molar refractivity (Wildman–Crippen MR) is 88.2 cm³/mol. The molecular formula is C15H12N4O4S. The van der Waals surface area contributed by atoms with Gasteiger partial charge in [0.15, 0.2) is 5.65 Å². The number of nitrogens with one attached hydrogen (secondary N) is 1. The molecule has 0 bridgehead atoms. The first-order chi connectivity index (χ1) is 11.5. The number of aromatic nitrogens is 3.